The lowest BCUT2D eigenvalue weighted by atomic mass is 10.0. The third-order valence-electron chi connectivity index (χ3n) is 3.33. The molecule has 0 aliphatic carbocycles. The minimum atomic E-state index is -0.452. The Morgan fingerprint density at radius 1 is 1.38 bits per heavy atom. The van der Waals surface area contributed by atoms with Crippen molar-refractivity contribution in [3.63, 3.8) is 0 Å². The van der Waals surface area contributed by atoms with Crippen LogP contribution in [0.2, 0.25) is 0 Å². The predicted molar refractivity (Wildman–Crippen MR) is 82.4 cm³/mol. The van der Waals surface area contributed by atoms with E-state index in [1.54, 1.807) is 19.4 Å². The van der Waals surface area contributed by atoms with Gasteiger partial charge in [-0.25, -0.2) is 4.39 Å². The second kappa shape index (κ2) is 6.35. The average molecular weight is 352 g/mol. The SMILES string of the molecule is COc1c(C)cnc(CC(=O)c2cccc(F)c2Br)c1C. The predicted octanol–water partition coefficient (Wildman–Crippen LogP) is 4.03. The molecule has 0 aliphatic rings. The Kier molecular flexibility index (Phi) is 4.73. The van der Waals surface area contributed by atoms with Gasteiger partial charge in [0.25, 0.3) is 0 Å². The molecule has 0 N–H and O–H groups in total. The molecule has 0 saturated heterocycles. The highest BCUT2D eigenvalue weighted by atomic mass is 79.9. The number of carbonyl (C=O) groups is 1. The van der Waals surface area contributed by atoms with Crippen LogP contribution in [0, 0.1) is 19.7 Å². The fraction of sp³-hybridized carbons (Fsp3) is 0.250. The van der Waals surface area contributed by atoms with Gasteiger partial charge in [0.15, 0.2) is 5.78 Å². The van der Waals surface area contributed by atoms with Gasteiger partial charge in [-0.2, -0.15) is 0 Å². The lowest BCUT2D eigenvalue weighted by molar-refractivity contribution is 0.0990. The maximum atomic E-state index is 13.5. The van der Waals surface area contributed by atoms with E-state index in [1.807, 2.05) is 13.8 Å². The van der Waals surface area contributed by atoms with Crippen LogP contribution < -0.4 is 4.74 Å². The maximum Gasteiger partial charge on any atom is 0.170 e. The summed E-state index contributed by atoms with van der Waals surface area (Å²) in [7, 11) is 1.59. The summed E-state index contributed by atoms with van der Waals surface area (Å²) in [6.07, 6.45) is 1.78. The number of hydrogen-bond acceptors (Lipinski definition) is 3. The number of aromatic nitrogens is 1. The summed E-state index contributed by atoms with van der Waals surface area (Å²) in [5, 5.41) is 0. The smallest absolute Gasteiger partial charge is 0.170 e. The molecule has 0 aliphatic heterocycles. The van der Waals surface area contributed by atoms with Crippen molar-refractivity contribution >= 4 is 21.7 Å². The second-order valence-corrected chi connectivity index (χ2v) is 5.54. The molecule has 2 rings (SSSR count). The summed E-state index contributed by atoms with van der Waals surface area (Å²) < 4.78 is 19.0. The number of benzene rings is 1. The molecule has 5 heteroatoms. The Hall–Kier alpha value is -1.75. The van der Waals surface area contributed by atoms with E-state index >= 15 is 0 Å². The van der Waals surface area contributed by atoms with Gasteiger partial charge < -0.3 is 4.74 Å². The number of rotatable bonds is 4. The number of ether oxygens (including phenoxy) is 1. The Balaban J connectivity index is 2.34. The Labute approximate surface area is 131 Å². The van der Waals surface area contributed by atoms with E-state index < -0.39 is 5.82 Å². The third kappa shape index (κ3) is 3.13. The van der Waals surface area contributed by atoms with E-state index in [2.05, 4.69) is 20.9 Å². The molecule has 21 heavy (non-hydrogen) atoms. The minimum Gasteiger partial charge on any atom is -0.496 e. The van der Waals surface area contributed by atoms with Gasteiger partial charge in [0, 0.05) is 22.9 Å². The highest BCUT2D eigenvalue weighted by molar-refractivity contribution is 9.10. The largest absolute Gasteiger partial charge is 0.496 e. The van der Waals surface area contributed by atoms with Gasteiger partial charge in [-0.1, -0.05) is 12.1 Å². The highest BCUT2D eigenvalue weighted by Gasteiger charge is 2.17. The number of Topliss-reactive ketones (excluding diaryl/α,β-unsaturated/α-hetero) is 1. The third-order valence-corrected chi connectivity index (χ3v) is 4.14. The van der Waals surface area contributed by atoms with Gasteiger partial charge in [-0.15, -0.1) is 0 Å². The standard InChI is InChI=1S/C16H15BrFNO2/c1-9-8-19-13(10(2)16(9)21-3)7-14(20)11-5-4-6-12(18)15(11)17/h4-6,8H,7H2,1-3H3. The molecule has 1 aromatic carbocycles. The van der Waals surface area contributed by atoms with Crippen LogP contribution in [0.15, 0.2) is 28.9 Å². The quantitative estimate of drug-likeness (QED) is 0.780. The first kappa shape index (κ1) is 15.6. The topological polar surface area (TPSA) is 39.2 Å². The maximum absolute atomic E-state index is 13.5. The molecule has 1 heterocycles. The summed E-state index contributed by atoms with van der Waals surface area (Å²) >= 11 is 3.11. The van der Waals surface area contributed by atoms with Crippen molar-refractivity contribution < 1.29 is 13.9 Å². The number of halogens is 2. The molecule has 0 fully saturated rings. The van der Waals surface area contributed by atoms with Gasteiger partial charge in [0.1, 0.15) is 11.6 Å². The molecule has 3 nitrogen and oxygen atoms in total. The number of methoxy groups -OCH3 is 1. The molecule has 1 aromatic heterocycles. The Bertz CT molecular complexity index is 701. The summed E-state index contributed by atoms with van der Waals surface area (Å²) in [5.41, 5.74) is 2.70. The molecule has 0 saturated carbocycles. The van der Waals surface area contributed by atoms with Gasteiger partial charge in [-0.3, -0.25) is 9.78 Å². The zero-order valence-electron chi connectivity index (χ0n) is 12.0. The molecule has 0 spiro atoms. The summed E-state index contributed by atoms with van der Waals surface area (Å²) in [5.74, 6) is 0.0843. The van der Waals surface area contributed by atoms with E-state index in [0.717, 1.165) is 16.9 Å². The summed E-state index contributed by atoms with van der Waals surface area (Å²) in [4.78, 5) is 16.6. The minimum absolute atomic E-state index is 0.102. The van der Waals surface area contributed by atoms with E-state index in [4.69, 9.17) is 4.74 Å². The molecule has 0 amide bonds. The molecule has 0 atom stereocenters. The molecule has 0 radical (unpaired) electrons. The van der Waals surface area contributed by atoms with E-state index in [1.165, 1.54) is 12.1 Å². The van der Waals surface area contributed by atoms with Crippen molar-refractivity contribution in [2.45, 2.75) is 20.3 Å². The fourth-order valence-corrected chi connectivity index (χ4v) is 2.70. The first-order valence-electron chi connectivity index (χ1n) is 6.42. The van der Waals surface area contributed by atoms with Gasteiger partial charge in [0.05, 0.1) is 23.7 Å². The Morgan fingerprint density at radius 3 is 2.76 bits per heavy atom. The van der Waals surface area contributed by atoms with Crippen molar-refractivity contribution in [1.29, 1.82) is 0 Å². The zero-order valence-corrected chi connectivity index (χ0v) is 13.6. The molecular formula is C16H15BrFNO2. The van der Waals surface area contributed by atoms with Crippen molar-refractivity contribution in [3.05, 3.63) is 57.1 Å². The lowest BCUT2D eigenvalue weighted by Gasteiger charge is -2.12. The normalized spacial score (nSPS) is 10.5. The molecular weight excluding hydrogens is 337 g/mol. The van der Waals surface area contributed by atoms with Crippen molar-refractivity contribution in [2.24, 2.45) is 0 Å². The van der Waals surface area contributed by atoms with Crippen molar-refractivity contribution in [2.75, 3.05) is 7.11 Å². The van der Waals surface area contributed by atoms with Gasteiger partial charge in [0.2, 0.25) is 0 Å². The van der Waals surface area contributed by atoms with E-state index in [0.29, 0.717) is 11.3 Å². The molecule has 0 unspecified atom stereocenters. The fourth-order valence-electron chi connectivity index (χ4n) is 2.22. The first-order chi connectivity index (χ1) is 9.95. The van der Waals surface area contributed by atoms with Crippen LogP contribution >= 0.6 is 15.9 Å². The van der Waals surface area contributed by atoms with E-state index in [9.17, 15) is 9.18 Å². The van der Waals surface area contributed by atoms with Crippen LogP contribution in [0.25, 0.3) is 0 Å². The summed E-state index contributed by atoms with van der Waals surface area (Å²) in [6, 6.07) is 4.42. The van der Waals surface area contributed by atoms with E-state index in [-0.39, 0.29) is 16.7 Å². The van der Waals surface area contributed by atoms with Gasteiger partial charge in [-0.05, 0) is 35.8 Å². The van der Waals surface area contributed by atoms with Crippen molar-refractivity contribution in [3.8, 4) is 5.75 Å². The summed E-state index contributed by atoms with van der Waals surface area (Å²) in [6.45, 7) is 3.76. The molecule has 2 aromatic rings. The zero-order chi connectivity index (χ0) is 15.6. The number of hydrogen-bond donors (Lipinski definition) is 0. The lowest BCUT2D eigenvalue weighted by Crippen LogP contribution is -2.09. The second-order valence-electron chi connectivity index (χ2n) is 4.75. The van der Waals surface area contributed by atoms with Crippen LogP contribution in [0.4, 0.5) is 4.39 Å². The number of aryl methyl sites for hydroxylation is 1. The molecule has 110 valence electrons. The van der Waals surface area contributed by atoms with Crippen LogP contribution in [0.5, 0.6) is 5.75 Å². The monoisotopic (exact) mass is 351 g/mol. The number of pyridine rings is 1. The highest BCUT2D eigenvalue weighted by Crippen LogP contribution is 2.26. The Morgan fingerprint density at radius 2 is 2.10 bits per heavy atom. The van der Waals surface area contributed by atoms with Crippen LogP contribution in [-0.2, 0) is 6.42 Å². The number of nitrogens with zero attached hydrogens (tertiary/aromatic N) is 1. The number of carbonyl (C=O) groups excluding carboxylic acids is 1. The van der Waals surface area contributed by atoms with Crippen molar-refractivity contribution in [1.82, 2.24) is 4.98 Å². The average Bonchev–Trinajstić information content (AvgIpc) is 2.45. The first-order valence-corrected chi connectivity index (χ1v) is 7.21. The number of ketones is 1. The van der Waals surface area contributed by atoms with Crippen LogP contribution in [0.3, 0.4) is 0 Å². The van der Waals surface area contributed by atoms with Gasteiger partial charge >= 0.3 is 0 Å². The van der Waals surface area contributed by atoms with Crippen LogP contribution in [-0.4, -0.2) is 17.9 Å². The molecule has 0 bridgehead atoms. The van der Waals surface area contributed by atoms with Crippen LogP contribution in [0.1, 0.15) is 27.2 Å².